The maximum Gasteiger partial charge on any atom is 0.271 e. The van der Waals surface area contributed by atoms with Crippen LogP contribution in [0.2, 0.25) is 0 Å². The molecule has 0 aliphatic heterocycles. The van der Waals surface area contributed by atoms with Crippen LogP contribution in [0.1, 0.15) is 31.2 Å². The molecule has 0 fully saturated rings. The molecule has 0 aliphatic rings. The van der Waals surface area contributed by atoms with Crippen LogP contribution in [-0.2, 0) is 0 Å². The van der Waals surface area contributed by atoms with E-state index in [2.05, 4.69) is 15.8 Å². The number of hydrogen-bond acceptors (Lipinski definition) is 4. The van der Waals surface area contributed by atoms with E-state index in [0.717, 1.165) is 10.4 Å². The van der Waals surface area contributed by atoms with Gasteiger partial charge in [0.25, 0.3) is 11.8 Å². The van der Waals surface area contributed by atoms with Crippen LogP contribution < -0.4 is 10.7 Å². The second kappa shape index (κ2) is 8.22. The summed E-state index contributed by atoms with van der Waals surface area (Å²) >= 11 is 1.54. The highest BCUT2D eigenvalue weighted by molar-refractivity contribution is 7.11. The number of hydrogen-bond donors (Lipinski definition) is 2. The first-order chi connectivity index (χ1) is 12.6. The Bertz CT molecular complexity index is 932. The Kier molecular flexibility index (Phi) is 5.56. The number of nitrogens with one attached hydrogen (secondary N) is 2. The monoisotopic (exact) mass is 363 g/mol. The first-order valence-corrected chi connectivity index (χ1v) is 8.85. The second-order valence-electron chi connectivity index (χ2n) is 5.56. The zero-order valence-corrected chi connectivity index (χ0v) is 14.9. The van der Waals surface area contributed by atoms with Gasteiger partial charge in [-0.15, -0.1) is 11.3 Å². The SMILES string of the molecule is Cc1ccccc1C(=O)Nc1ccc(C(=O)N/N=C/c2cccs2)cc1. The Morgan fingerprint density at radius 1 is 0.962 bits per heavy atom. The molecule has 0 spiro atoms. The number of nitrogens with zero attached hydrogens (tertiary/aromatic N) is 1. The topological polar surface area (TPSA) is 70.6 Å². The molecule has 1 aromatic heterocycles. The van der Waals surface area contributed by atoms with Crippen molar-refractivity contribution in [3.63, 3.8) is 0 Å². The summed E-state index contributed by atoms with van der Waals surface area (Å²) in [7, 11) is 0. The fourth-order valence-electron chi connectivity index (χ4n) is 2.31. The van der Waals surface area contributed by atoms with Crippen molar-refractivity contribution in [3.05, 3.63) is 87.6 Å². The van der Waals surface area contributed by atoms with Crippen LogP contribution in [0, 0.1) is 6.92 Å². The minimum absolute atomic E-state index is 0.180. The fourth-order valence-corrected chi connectivity index (χ4v) is 2.90. The highest BCUT2D eigenvalue weighted by atomic mass is 32.1. The average molecular weight is 363 g/mol. The summed E-state index contributed by atoms with van der Waals surface area (Å²) < 4.78 is 0. The van der Waals surface area contributed by atoms with Crippen molar-refractivity contribution in [2.45, 2.75) is 6.92 Å². The number of anilines is 1. The number of thiophene rings is 1. The van der Waals surface area contributed by atoms with Crippen molar-refractivity contribution in [1.29, 1.82) is 0 Å². The molecule has 0 bridgehead atoms. The van der Waals surface area contributed by atoms with Crippen molar-refractivity contribution >= 4 is 35.1 Å². The third kappa shape index (κ3) is 4.43. The van der Waals surface area contributed by atoms with Gasteiger partial charge in [0.05, 0.1) is 6.21 Å². The number of aryl methyl sites for hydroxylation is 1. The van der Waals surface area contributed by atoms with E-state index in [1.54, 1.807) is 36.5 Å². The number of hydrazone groups is 1. The van der Waals surface area contributed by atoms with Crippen LogP contribution in [0.15, 0.2) is 71.1 Å². The minimum atomic E-state index is -0.311. The first-order valence-electron chi connectivity index (χ1n) is 7.97. The maximum atomic E-state index is 12.3. The summed E-state index contributed by atoms with van der Waals surface area (Å²) in [4.78, 5) is 25.3. The van der Waals surface area contributed by atoms with Crippen LogP contribution in [0.25, 0.3) is 0 Å². The quantitative estimate of drug-likeness (QED) is 0.530. The summed E-state index contributed by atoms with van der Waals surface area (Å²) in [6.45, 7) is 1.89. The van der Waals surface area contributed by atoms with Crippen molar-refractivity contribution in [2.24, 2.45) is 5.10 Å². The molecular formula is C20H17N3O2S. The Morgan fingerprint density at radius 2 is 1.73 bits per heavy atom. The zero-order valence-electron chi connectivity index (χ0n) is 14.1. The van der Waals surface area contributed by atoms with Crippen molar-refractivity contribution in [1.82, 2.24) is 5.43 Å². The van der Waals surface area contributed by atoms with E-state index in [9.17, 15) is 9.59 Å². The van der Waals surface area contributed by atoms with Gasteiger partial charge in [-0.1, -0.05) is 24.3 Å². The van der Waals surface area contributed by atoms with Gasteiger partial charge in [0, 0.05) is 21.7 Å². The molecule has 2 N–H and O–H groups in total. The van der Waals surface area contributed by atoms with Gasteiger partial charge in [-0.05, 0) is 54.3 Å². The van der Waals surface area contributed by atoms with E-state index in [1.807, 2.05) is 42.6 Å². The van der Waals surface area contributed by atoms with Crippen molar-refractivity contribution in [2.75, 3.05) is 5.32 Å². The molecule has 1 heterocycles. The molecule has 26 heavy (non-hydrogen) atoms. The number of carbonyl (C=O) groups is 2. The smallest absolute Gasteiger partial charge is 0.271 e. The largest absolute Gasteiger partial charge is 0.322 e. The number of carbonyl (C=O) groups excluding carboxylic acids is 2. The lowest BCUT2D eigenvalue weighted by Gasteiger charge is -2.08. The van der Waals surface area contributed by atoms with Gasteiger partial charge in [0.15, 0.2) is 0 Å². The van der Waals surface area contributed by atoms with E-state index < -0.39 is 0 Å². The molecule has 0 aliphatic carbocycles. The number of rotatable bonds is 5. The average Bonchev–Trinajstić information content (AvgIpc) is 3.16. The Morgan fingerprint density at radius 3 is 2.42 bits per heavy atom. The van der Waals surface area contributed by atoms with Crippen LogP contribution >= 0.6 is 11.3 Å². The van der Waals surface area contributed by atoms with Gasteiger partial charge >= 0.3 is 0 Å². The fraction of sp³-hybridized carbons (Fsp3) is 0.0500. The van der Waals surface area contributed by atoms with E-state index in [0.29, 0.717) is 16.8 Å². The van der Waals surface area contributed by atoms with Gasteiger partial charge in [0.1, 0.15) is 0 Å². The normalized spacial score (nSPS) is 10.7. The zero-order chi connectivity index (χ0) is 18.4. The summed E-state index contributed by atoms with van der Waals surface area (Å²) in [6.07, 6.45) is 1.60. The van der Waals surface area contributed by atoms with Gasteiger partial charge in [-0.3, -0.25) is 9.59 Å². The van der Waals surface area contributed by atoms with Gasteiger partial charge in [0.2, 0.25) is 0 Å². The molecule has 5 nitrogen and oxygen atoms in total. The van der Waals surface area contributed by atoms with Crippen LogP contribution in [0.4, 0.5) is 5.69 Å². The third-order valence-corrected chi connectivity index (χ3v) is 4.50. The Labute approximate surface area is 155 Å². The van der Waals surface area contributed by atoms with Crippen LogP contribution in [0.5, 0.6) is 0 Å². The predicted octanol–water partition coefficient (Wildman–Crippen LogP) is 4.07. The Hall–Kier alpha value is -3.25. The minimum Gasteiger partial charge on any atom is -0.322 e. The molecule has 6 heteroatoms. The highest BCUT2D eigenvalue weighted by Crippen LogP contribution is 2.13. The van der Waals surface area contributed by atoms with Crippen LogP contribution in [0.3, 0.4) is 0 Å². The summed E-state index contributed by atoms with van der Waals surface area (Å²) in [5, 5.41) is 8.69. The molecule has 0 radical (unpaired) electrons. The summed E-state index contributed by atoms with van der Waals surface area (Å²) in [5.74, 6) is -0.490. The molecule has 2 aromatic carbocycles. The van der Waals surface area contributed by atoms with Crippen molar-refractivity contribution < 1.29 is 9.59 Å². The van der Waals surface area contributed by atoms with Gasteiger partial charge < -0.3 is 5.32 Å². The number of amides is 2. The van der Waals surface area contributed by atoms with Gasteiger partial charge in [-0.25, -0.2) is 5.43 Å². The summed E-state index contributed by atoms with van der Waals surface area (Å²) in [5.41, 5.74) is 5.09. The van der Waals surface area contributed by atoms with Gasteiger partial charge in [-0.2, -0.15) is 5.10 Å². The first kappa shape index (κ1) is 17.6. The molecular weight excluding hydrogens is 346 g/mol. The molecule has 3 rings (SSSR count). The highest BCUT2D eigenvalue weighted by Gasteiger charge is 2.09. The lowest BCUT2D eigenvalue weighted by molar-refractivity contribution is 0.0954. The molecule has 130 valence electrons. The van der Waals surface area contributed by atoms with E-state index in [4.69, 9.17) is 0 Å². The lowest BCUT2D eigenvalue weighted by Crippen LogP contribution is -2.18. The molecule has 0 saturated carbocycles. The molecule has 2 amide bonds. The molecule has 0 saturated heterocycles. The Balaban J connectivity index is 1.60. The summed E-state index contributed by atoms with van der Waals surface area (Å²) in [6, 6.07) is 17.9. The maximum absolute atomic E-state index is 12.3. The van der Waals surface area contributed by atoms with Crippen molar-refractivity contribution in [3.8, 4) is 0 Å². The van der Waals surface area contributed by atoms with E-state index in [-0.39, 0.29) is 11.8 Å². The molecule has 0 unspecified atom stereocenters. The molecule has 3 aromatic rings. The predicted molar refractivity (Wildman–Crippen MR) is 105 cm³/mol. The van der Waals surface area contributed by atoms with E-state index >= 15 is 0 Å². The number of benzene rings is 2. The molecule has 0 atom stereocenters. The van der Waals surface area contributed by atoms with Crippen LogP contribution in [-0.4, -0.2) is 18.0 Å². The standard InChI is InChI=1S/C20H17N3O2S/c1-14-5-2-3-7-18(14)20(25)22-16-10-8-15(9-11-16)19(24)23-21-13-17-6-4-12-26-17/h2-13H,1H3,(H,22,25)(H,23,24)/b21-13+. The third-order valence-electron chi connectivity index (χ3n) is 3.70. The lowest BCUT2D eigenvalue weighted by atomic mass is 10.1. The van der Waals surface area contributed by atoms with E-state index in [1.165, 1.54) is 11.3 Å². The second-order valence-corrected chi connectivity index (χ2v) is 6.54.